The number of nitriles is 1. The van der Waals surface area contributed by atoms with Gasteiger partial charge in [0.1, 0.15) is 5.82 Å². The first-order valence-electron chi connectivity index (χ1n) is 7.78. The lowest BCUT2D eigenvalue weighted by atomic mass is 10.0. The SMILES string of the molecule is Cc1c(Cc2ccnc(N)c2F)cncc1Nc1ccc(C#N)cc1F. The molecule has 26 heavy (non-hydrogen) atoms. The van der Waals surface area contributed by atoms with E-state index in [4.69, 9.17) is 11.0 Å². The van der Waals surface area contributed by atoms with Crippen LogP contribution in [-0.2, 0) is 6.42 Å². The van der Waals surface area contributed by atoms with E-state index in [1.165, 1.54) is 18.3 Å². The zero-order valence-electron chi connectivity index (χ0n) is 13.9. The predicted molar refractivity (Wildman–Crippen MR) is 94.8 cm³/mol. The summed E-state index contributed by atoms with van der Waals surface area (Å²) in [6, 6.07) is 7.61. The molecule has 3 rings (SSSR count). The molecule has 7 heteroatoms. The van der Waals surface area contributed by atoms with Crippen molar-refractivity contribution in [3.05, 3.63) is 76.7 Å². The fraction of sp³-hybridized carbons (Fsp3) is 0.105. The molecule has 1 aromatic carbocycles. The van der Waals surface area contributed by atoms with Gasteiger partial charge >= 0.3 is 0 Å². The molecule has 0 unspecified atom stereocenters. The molecular formula is C19H15F2N5. The van der Waals surface area contributed by atoms with Crippen LogP contribution in [0.3, 0.4) is 0 Å². The number of rotatable bonds is 4. The average molecular weight is 351 g/mol. The normalized spacial score (nSPS) is 10.4. The molecule has 0 aliphatic carbocycles. The lowest BCUT2D eigenvalue weighted by Gasteiger charge is -2.14. The third kappa shape index (κ3) is 3.44. The van der Waals surface area contributed by atoms with Gasteiger partial charge in [0.2, 0.25) is 0 Å². The van der Waals surface area contributed by atoms with Crippen molar-refractivity contribution >= 4 is 17.2 Å². The van der Waals surface area contributed by atoms with Crippen LogP contribution in [0.5, 0.6) is 0 Å². The van der Waals surface area contributed by atoms with Gasteiger partial charge in [0, 0.05) is 18.8 Å². The van der Waals surface area contributed by atoms with E-state index < -0.39 is 11.6 Å². The molecule has 0 saturated heterocycles. The second kappa shape index (κ2) is 7.15. The molecule has 0 aliphatic rings. The van der Waals surface area contributed by atoms with Crippen molar-refractivity contribution < 1.29 is 8.78 Å². The lowest BCUT2D eigenvalue weighted by molar-refractivity contribution is 0.613. The molecule has 0 amide bonds. The van der Waals surface area contributed by atoms with Crippen LogP contribution in [0.1, 0.15) is 22.3 Å². The van der Waals surface area contributed by atoms with Crippen molar-refractivity contribution in [3.8, 4) is 6.07 Å². The minimum Gasteiger partial charge on any atom is -0.381 e. The van der Waals surface area contributed by atoms with Crippen LogP contribution >= 0.6 is 0 Å². The molecule has 3 aromatic rings. The maximum absolute atomic E-state index is 14.1. The van der Waals surface area contributed by atoms with Crippen molar-refractivity contribution in [1.82, 2.24) is 9.97 Å². The van der Waals surface area contributed by atoms with Crippen molar-refractivity contribution in [3.63, 3.8) is 0 Å². The zero-order valence-corrected chi connectivity index (χ0v) is 13.9. The molecule has 0 bridgehead atoms. The fourth-order valence-corrected chi connectivity index (χ4v) is 2.55. The van der Waals surface area contributed by atoms with E-state index in [9.17, 15) is 8.78 Å². The van der Waals surface area contributed by atoms with Crippen LogP contribution in [-0.4, -0.2) is 9.97 Å². The second-order valence-electron chi connectivity index (χ2n) is 5.75. The summed E-state index contributed by atoms with van der Waals surface area (Å²) in [6.07, 6.45) is 4.92. The second-order valence-corrected chi connectivity index (χ2v) is 5.75. The maximum atomic E-state index is 14.1. The van der Waals surface area contributed by atoms with Crippen molar-refractivity contribution in [1.29, 1.82) is 5.26 Å². The highest BCUT2D eigenvalue weighted by molar-refractivity contribution is 5.64. The van der Waals surface area contributed by atoms with Crippen LogP contribution in [0.4, 0.5) is 26.0 Å². The molecule has 0 fully saturated rings. The Labute approximate surface area is 149 Å². The first-order chi connectivity index (χ1) is 12.5. The topological polar surface area (TPSA) is 87.6 Å². The van der Waals surface area contributed by atoms with E-state index in [-0.39, 0.29) is 23.5 Å². The van der Waals surface area contributed by atoms with Gasteiger partial charge in [0.05, 0.1) is 29.2 Å². The number of nitrogens with one attached hydrogen (secondary N) is 1. The predicted octanol–water partition coefficient (Wildman–Crippen LogP) is 3.85. The highest BCUT2D eigenvalue weighted by Crippen LogP contribution is 2.26. The summed E-state index contributed by atoms with van der Waals surface area (Å²) in [4.78, 5) is 7.86. The Hall–Kier alpha value is -3.53. The molecule has 2 aromatic heterocycles. The van der Waals surface area contributed by atoms with Gasteiger partial charge in [-0.25, -0.2) is 13.8 Å². The molecule has 0 spiro atoms. The fourth-order valence-electron chi connectivity index (χ4n) is 2.55. The van der Waals surface area contributed by atoms with E-state index in [0.717, 1.165) is 17.2 Å². The van der Waals surface area contributed by atoms with Gasteiger partial charge in [-0.3, -0.25) is 4.98 Å². The molecule has 3 N–H and O–H groups in total. The number of nitrogens with zero attached hydrogens (tertiary/aromatic N) is 3. The quantitative estimate of drug-likeness (QED) is 0.745. The van der Waals surface area contributed by atoms with Crippen LogP contribution in [0.15, 0.2) is 42.9 Å². The van der Waals surface area contributed by atoms with Gasteiger partial charge < -0.3 is 11.1 Å². The van der Waals surface area contributed by atoms with Crippen molar-refractivity contribution in [2.75, 3.05) is 11.1 Å². The number of aromatic nitrogens is 2. The van der Waals surface area contributed by atoms with Gasteiger partial charge in [-0.2, -0.15) is 5.26 Å². The Kier molecular flexibility index (Phi) is 4.76. The summed E-state index contributed by atoms with van der Waals surface area (Å²) < 4.78 is 28.2. The summed E-state index contributed by atoms with van der Waals surface area (Å²) in [7, 11) is 0. The molecule has 5 nitrogen and oxygen atoms in total. The average Bonchev–Trinajstić information content (AvgIpc) is 2.63. The van der Waals surface area contributed by atoms with Crippen molar-refractivity contribution in [2.45, 2.75) is 13.3 Å². The summed E-state index contributed by atoms with van der Waals surface area (Å²) in [6.45, 7) is 1.84. The van der Waals surface area contributed by atoms with E-state index >= 15 is 0 Å². The Morgan fingerprint density at radius 1 is 1.15 bits per heavy atom. The minimum absolute atomic E-state index is 0.151. The summed E-state index contributed by atoms with van der Waals surface area (Å²) >= 11 is 0. The van der Waals surface area contributed by atoms with E-state index in [1.807, 2.05) is 13.0 Å². The zero-order chi connectivity index (χ0) is 18.7. The Morgan fingerprint density at radius 2 is 1.96 bits per heavy atom. The van der Waals surface area contributed by atoms with Crippen LogP contribution in [0, 0.1) is 29.9 Å². The highest BCUT2D eigenvalue weighted by Gasteiger charge is 2.12. The van der Waals surface area contributed by atoms with E-state index in [0.29, 0.717) is 11.3 Å². The molecule has 2 heterocycles. The Bertz CT molecular complexity index is 1010. The molecule has 0 aliphatic heterocycles. The monoisotopic (exact) mass is 351 g/mol. The maximum Gasteiger partial charge on any atom is 0.168 e. The molecular weight excluding hydrogens is 336 g/mol. The minimum atomic E-state index is -0.552. The molecule has 0 atom stereocenters. The third-order valence-electron chi connectivity index (χ3n) is 4.06. The number of pyridine rings is 2. The lowest BCUT2D eigenvalue weighted by Crippen LogP contribution is -2.04. The summed E-state index contributed by atoms with van der Waals surface area (Å²) in [5.74, 6) is -1.24. The Morgan fingerprint density at radius 3 is 2.69 bits per heavy atom. The number of nitrogens with two attached hydrogens (primary N) is 1. The first-order valence-corrected chi connectivity index (χ1v) is 7.78. The van der Waals surface area contributed by atoms with Crippen LogP contribution < -0.4 is 11.1 Å². The number of halogens is 2. The first kappa shape index (κ1) is 17.3. The molecule has 0 saturated carbocycles. The van der Waals surface area contributed by atoms with Gasteiger partial charge in [-0.05, 0) is 47.9 Å². The summed E-state index contributed by atoms with van der Waals surface area (Å²) in [5, 5.41) is 11.8. The molecule has 0 radical (unpaired) electrons. The van der Waals surface area contributed by atoms with Gasteiger partial charge in [0.25, 0.3) is 0 Å². The Balaban J connectivity index is 1.90. The number of anilines is 3. The van der Waals surface area contributed by atoms with Crippen LogP contribution in [0.2, 0.25) is 0 Å². The number of nitrogen functional groups attached to an aromatic ring is 1. The van der Waals surface area contributed by atoms with Crippen molar-refractivity contribution in [2.24, 2.45) is 0 Å². The van der Waals surface area contributed by atoms with Gasteiger partial charge in [-0.15, -0.1) is 0 Å². The van der Waals surface area contributed by atoms with E-state index in [2.05, 4.69) is 15.3 Å². The number of hydrogen-bond donors (Lipinski definition) is 2. The third-order valence-corrected chi connectivity index (χ3v) is 4.06. The number of hydrogen-bond acceptors (Lipinski definition) is 5. The summed E-state index contributed by atoms with van der Waals surface area (Å²) in [5.41, 5.74) is 8.55. The smallest absolute Gasteiger partial charge is 0.168 e. The van der Waals surface area contributed by atoms with Gasteiger partial charge in [-0.1, -0.05) is 0 Å². The standard InChI is InChI=1S/C19H15F2N5/c1-11-14(7-13-4-5-25-19(23)18(13)21)9-24-10-17(11)26-16-3-2-12(8-22)6-15(16)20/h2-6,9-10,26H,7H2,1H3,(H2,23,25). The van der Waals surface area contributed by atoms with Gasteiger partial charge in [0.15, 0.2) is 11.6 Å². The number of benzene rings is 1. The largest absolute Gasteiger partial charge is 0.381 e. The molecule has 130 valence electrons. The van der Waals surface area contributed by atoms with E-state index in [1.54, 1.807) is 18.5 Å². The van der Waals surface area contributed by atoms with Crippen LogP contribution in [0.25, 0.3) is 0 Å². The highest BCUT2D eigenvalue weighted by atomic mass is 19.1.